The maximum atomic E-state index is 12.9. The van der Waals surface area contributed by atoms with Gasteiger partial charge < -0.3 is 4.74 Å². The molecule has 0 aromatic carbocycles. The molecule has 0 spiro atoms. The quantitative estimate of drug-likeness (QED) is 0.468. The third-order valence-corrected chi connectivity index (χ3v) is 3.54. The van der Waals surface area contributed by atoms with Gasteiger partial charge in [0.25, 0.3) is 15.5 Å². The summed E-state index contributed by atoms with van der Waals surface area (Å²) in [6.45, 7) is 0. The summed E-state index contributed by atoms with van der Waals surface area (Å²) in [5.41, 5.74) is -2.23. The Morgan fingerprint density at radius 1 is 1.35 bits per heavy atom. The fourth-order valence-electron chi connectivity index (χ4n) is 1.26. The second-order valence-electron chi connectivity index (χ2n) is 3.23. The molecule has 4 nitrogen and oxygen atoms in total. The van der Waals surface area contributed by atoms with Crippen molar-refractivity contribution in [2.75, 3.05) is 0 Å². The van der Waals surface area contributed by atoms with Gasteiger partial charge >= 0.3 is 6.36 Å². The van der Waals surface area contributed by atoms with Crippen LogP contribution in [-0.4, -0.2) is 19.8 Å². The zero-order valence-electron chi connectivity index (χ0n) is 9.09. The molecule has 20 heavy (non-hydrogen) atoms. The van der Waals surface area contributed by atoms with Crippen LogP contribution in [0.5, 0.6) is 5.75 Å². The van der Waals surface area contributed by atoms with Gasteiger partial charge in [0.1, 0.15) is 4.90 Å². The number of pyridine rings is 1. The summed E-state index contributed by atoms with van der Waals surface area (Å²) in [5, 5.41) is 0. The lowest BCUT2D eigenvalue weighted by atomic mass is 10.2. The van der Waals surface area contributed by atoms with Crippen molar-refractivity contribution in [2.24, 2.45) is 0 Å². The van der Waals surface area contributed by atoms with Gasteiger partial charge in [-0.15, -0.1) is 24.8 Å². The third-order valence-electron chi connectivity index (χ3n) is 1.94. The normalized spacial score (nSPS) is 12.8. The molecule has 0 atom stereocenters. The van der Waals surface area contributed by atoms with E-state index in [2.05, 4.69) is 9.72 Å². The van der Waals surface area contributed by atoms with Gasteiger partial charge in [-0.3, -0.25) is 4.98 Å². The second-order valence-corrected chi connectivity index (χ2v) is 6.03. The standard InChI is InChI=1S/C8H4Cl2F5NO3S/c9-1-3-6(19-8(13,14)15)5(7(11)12)4(2-16-3)20(10,17)18/h2,7H,1H2. The van der Waals surface area contributed by atoms with Crippen LogP contribution in [0.4, 0.5) is 22.0 Å². The van der Waals surface area contributed by atoms with Crippen molar-refractivity contribution in [3.05, 3.63) is 17.5 Å². The fourth-order valence-corrected chi connectivity index (χ4v) is 2.44. The van der Waals surface area contributed by atoms with Crippen LogP contribution in [0.3, 0.4) is 0 Å². The highest BCUT2D eigenvalue weighted by molar-refractivity contribution is 8.13. The van der Waals surface area contributed by atoms with Gasteiger partial charge in [0.15, 0.2) is 5.75 Å². The largest absolute Gasteiger partial charge is 0.573 e. The average molecular weight is 360 g/mol. The molecule has 114 valence electrons. The van der Waals surface area contributed by atoms with Crippen LogP contribution < -0.4 is 4.74 Å². The van der Waals surface area contributed by atoms with E-state index in [9.17, 15) is 30.4 Å². The predicted octanol–water partition coefficient (Wildman–Crippen LogP) is 3.58. The van der Waals surface area contributed by atoms with E-state index in [1.807, 2.05) is 0 Å². The van der Waals surface area contributed by atoms with Crippen LogP contribution in [-0.2, 0) is 14.9 Å². The number of nitrogens with zero attached hydrogens (tertiary/aromatic N) is 1. The first kappa shape index (κ1) is 17.2. The van der Waals surface area contributed by atoms with E-state index >= 15 is 0 Å². The number of hydrogen-bond donors (Lipinski definition) is 0. The Hall–Kier alpha value is -0.870. The molecule has 1 heterocycles. The van der Waals surface area contributed by atoms with Crippen LogP contribution in [0, 0.1) is 0 Å². The van der Waals surface area contributed by atoms with E-state index in [4.69, 9.17) is 22.3 Å². The van der Waals surface area contributed by atoms with Crippen molar-refractivity contribution in [1.82, 2.24) is 4.98 Å². The van der Waals surface area contributed by atoms with Crippen molar-refractivity contribution in [3.63, 3.8) is 0 Å². The van der Waals surface area contributed by atoms with Crippen molar-refractivity contribution in [2.45, 2.75) is 23.6 Å². The average Bonchev–Trinajstić information content (AvgIpc) is 2.24. The van der Waals surface area contributed by atoms with Crippen molar-refractivity contribution < 1.29 is 35.1 Å². The summed E-state index contributed by atoms with van der Waals surface area (Å²) in [6.07, 6.45) is -8.54. The van der Waals surface area contributed by atoms with Crippen LogP contribution >= 0.6 is 22.3 Å². The Kier molecular flexibility index (Phi) is 5.03. The number of ether oxygens (including phenoxy) is 1. The Morgan fingerprint density at radius 2 is 1.90 bits per heavy atom. The maximum Gasteiger partial charge on any atom is 0.573 e. The van der Waals surface area contributed by atoms with E-state index in [-0.39, 0.29) is 0 Å². The highest BCUT2D eigenvalue weighted by Gasteiger charge is 2.37. The Bertz CT molecular complexity index is 605. The molecule has 0 N–H and O–H groups in total. The lowest BCUT2D eigenvalue weighted by Crippen LogP contribution is -2.20. The van der Waals surface area contributed by atoms with Gasteiger partial charge in [-0.1, -0.05) is 0 Å². The van der Waals surface area contributed by atoms with Gasteiger partial charge in [-0.05, 0) is 0 Å². The molecule has 1 aromatic heterocycles. The molecular formula is C8H4Cl2F5NO3S. The molecule has 0 saturated carbocycles. The number of halogens is 7. The molecular weight excluding hydrogens is 356 g/mol. The first-order valence-corrected chi connectivity index (χ1v) is 7.38. The van der Waals surface area contributed by atoms with Crippen molar-refractivity contribution in [3.8, 4) is 5.75 Å². The van der Waals surface area contributed by atoms with Crippen molar-refractivity contribution in [1.29, 1.82) is 0 Å². The molecule has 0 aliphatic heterocycles. The summed E-state index contributed by atoms with van der Waals surface area (Å²) in [4.78, 5) is 1.96. The van der Waals surface area contributed by atoms with Crippen LogP contribution in [0.2, 0.25) is 0 Å². The number of aromatic nitrogens is 1. The van der Waals surface area contributed by atoms with Gasteiger partial charge in [0.2, 0.25) is 0 Å². The van der Waals surface area contributed by atoms with Gasteiger partial charge in [0, 0.05) is 16.9 Å². The molecule has 0 aliphatic rings. The molecule has 0 saturated heterocycles. The zero-order chi connectivity index (χ0) is 15.7. The third kappa shape index (κ3) is 4.06. The summed E-state index contributed by atoms with van der Waals surface area (Å²) in [6, 6.07) is 0. The molecule has 0 fully saturated rings. The van der Waals surface area contributed by atoms with Gasteiger partial charge in [-0.25, -0.2) is 17.2 Å². The highest BCUT2D eigenvalue weighted by Crippen LogP contribution is 2.40. The topological polar surface area (TPSA) is 56.3 Å². The lowest BCUT2D eigenvalue weighted by molar-refractivity contribution is -0.275. The van der Waals surface area contributed by atoms with E-state index in [1.165, 1.54) is 0 Å². The minimum absolute atomic E-state index is 0.394. The molecule has 0 radical (unpaired) electrons. The smallest absolute Gasteiger partial charge is 0.403 e. The maximum absolute atomic E-state index is 12.9. The fraction of sp³-hybridized carbons (Fsp3) is 0.375. The van der Waals surface area contributed by atoms with Crippen LogP contribution in [0.25, 0.3) is 0 Å². The SMILES string of the molecule is O=S(=O)(Cl)c1cnc(CCl)c(OC(F)(F)F)c1C(F)F. The molecule has 0 amide bonds. The summed E-state index contributed by atoms with van der Waals surface area (Å²) >= 11 is 5.27. The Morgan fingerprint density at radius 3 is 2.25 bits per heavy atom. The van der Waals surface area contributed by atoms with Crippen LogP contribution in [0.15, 0.2) is 11.1 Å². The minimum atomic E-state index is -5.33. The summed E-state index contributed by atoms with van der Waals surface area (Å²) in [7, 11) is 0.133. The Labute approximate surface area is 118 Å². The number of rotatable bonds is 4. The van der Waals surface area contributed by atoms with Gasteiger partial charge in [0.05, 0.1) is 17.1 Å². The molecule has 1 aromatic rings. The molecule has 0 bridgehead atoms. The van der Waals surface area contributed by atoms with Crippen molar-refractivity contribution >= 4 is 31.3 Å². The van der Waals surface area contributed by atoms with Crippen LogP contribution in [0.1, 0.15) is 17.7 Å². The van der Waals surface area contributed by atoms with E-state index in [1.54, 1.807) is 0 Å². The van der Waals surface area contributed by atoms with E-state index in [0.717, 1.165) is 0 Å². The molecule has 1 rings (SSSR count). The first-order valence-electron chi connectivity index (χ1n) is 4.53. The zero-order valence-corrected chi connectivity index (χ0v) is 11.4. The second kappa shape index (κ2) is 5.86. The monoisotopic (exact) mass is 359 g/mol. The van der Waals surface area contributed by atoms with E-state index < -0.39 is 49.6 Å². The predicted molar refractivity (Wildman–Crippen MR) is 58.5 cm³/mol. The molecule has 0 unspecified atom stereocenters. The first-order chi connectivity index (χ1) is 8.97. The minimum Gasteiger partial charge on any atom is -0.403 e. The summed E-state index contributed by atoms with van der Waals surface area (Å²) in [5.74, 6) is -2.17. The lowest BCUT2D eigenvalue weighted by Gasteiger charge is -2.17. The molecule has 12 heteroatoms. The highest BCUT2D eigenvalue weighted by atomic mass is 35.7. The number of alkyl halides is 6. The molecule has 0 aliphatic carbocycles. The summed E-state index contributed by atoms with van der Waals surface area (Å²) < 4.78 is 88.0. The number of hydrogen-bond acceptors (Lipinski definition) is 4. The Balaban J connectivity index is 3.67. The van der Waals surface area contributed by atoms with Gasteiger partial charge in [-0.2, -0.15) is 0 Å². The van der Waals surface area contributed by atoms with E-state index in [0.29, 0.717) is 6.20 Å².